The normalized spacial score (nSPS) is 12.2. The second kappa shape index (κ2) is 4.14. The van der Waals surface area contributed by atoms with Crippen molar-refractivity contribution in [1.82, 2.24) is 4.57 Å². The van der Waals surface area contributed by atoms with E-state index < -0.39 is 0 Å². The molecule has 0 spiro atoms. The Labute approximate surface area is 102 Å². The highest BCUT2D eigenvalue weighted by Crippen LogP contribution is 2.24. The maximum absolute atomic E-state index is 6.02. The molecule has 1 heterocycles. The topological polar surface area (TPSA) is 4.93 Å². The third-order valence-corrected chi connectivity index (χ3v) is 3.07. The zero-order chi connectivity index (χ0) is 11.8. The molecule has 0 amide bonds. The van der Waals surface area contributed by atoms with Crippen LogP contribution in [0.2, 0.25) is 5.02 Å². The summed E-state index contributed by atoms with van der Waals surface area (Å²) >= 11 is 6.02. The summed E-state index contributed by atoms with van der Waals surface area (Å²) < 4.78 is 2.28. The molecule has 0 radical (unpaired) electrons. The Hall–Kier alpha value is -0.950. The first-order chi connectivity index (χ1) is 7.46. The van der Waals surface area contributed by atoms with Crippen LogP contribution in [0, 0.1) is 5.41 Å². The van der Waals surface area contributed by atoms with Gasteiger partial charge in [0.05, 0.1) is 0 Å². The van der Waals surface area contributed by atoms with E-state index in [2.05, 4.69) is 43.7 Å². The Kier molecular flexibility index (Phi) is 2.98. The Morgan fingerprint density at radius 1 is 1.19 bits per heavy atom. The molecule has 0 aliphatic carbocycles. The average molecular weight is 236 g/mol. The number of halogens is 1. The zero-order valence-electron chi connectivity index (χ0n) is 10.1. The van der Waals surface area contributed by atoms with Gasteiger partial charge >= 0.3 is 0 Å². The standard InChI is InChI=1S/C14H18ClN/c1-14(2,3)7-9-16-8-6-11-4-5-12(15)10-13(11)16/h4-6,8,10H,7,9H2,1-3H3. The van der Waals surface area contributed by atoms with Crippen molar-refractivity contribution >= 4 is 22.5 Å². The molecule has 0 saturated heterocycles. The van der Waals surface area contributed by atoms with Crippen LogP contribution in [-0.2, 0) is 6.54 Å². The first-order valence-electron chi connectivity index (χ1n) is 5.70. The van der Waals surface area contributed by atoms with E-state index in [9.17, 15) is 0 Å². The van der Waals surface area contributed by atoms with Crippen LogP contribution in [0.15, 0.2) is 30.5 Å². The van der Waals surface area contributed by atoms with Gasteiger partial charge in [-0.05, 0) is 35.4 Å². The van der Waals surface area contributed by atoms with Crippen molar-refractivity contribution in [3.8, 4) is 0 Å². The maximum atomic E-state index is 6.02. The summed E-state index contributed by atoms with van der Waals surface area (Å²) in [7, 11) is 0. The summed E-state index contributed by atoms with van der Waals surface area (Å²) in [4.78, 5) is 0. The van der Waals surface area contributed by atoms with Crippen LogP contribution in [0.25, 0.3) is 10.9 Å². The molecule has 0 aliphatic rings. The van der Waals surface area contributed by atoms with Gasteiger partial charge in [0.1, 0.15) is 0 Å². The number of nitrogens with zero attached hydrogens (tertiary/aromatic N) is 1. The fourth-order valence-electron chi connectivity index (χ4n) is 1.81. The highest BCUT2D eigenvalue weighted by Gasteiger charge is 2.10. The van der Waals surface area contributed by atoms with Gasteiger partial charge in [0.2, 0.25) is 0 Å². The molecule has 86 valence electrons. The first-order valence-corrected chi connectivity index (χ1v) is 6.08. The van der Waals surface area contributed by atoms with Crippen molar-refractivity contribution in [2.45, 2.75) is 33.7 Å². The Balaban J connectivity index is 2.28. The second-order valence-electron chi connectivity index (χ2n) is 5.52. The van der Waals surface area contributed by atoms with E-state index in [0.29, 0.717) is 5.41 Å². The van der Waals surface area contributed by atoms with Crippen molar-refractivity contribution < 1.29 is 0 Å². The summed E-state index contributed by atoms with van der Waals surface area (Å²) in [5.41, 5.74) is 1.60. The van der Waals surface area contributed by atoms with E-state index in [1.54, 1.807) is 0 Å². The summed E-state index contributed by atoms with van der Waals surface area (Å²) in [6.07, 6.45) is 3.32. The van der Waals surface area contributed by atoms with Crippen molar-refractivity contribution in [2.24, 2.45) is 5.41 Å². The van der Waals surface area contributed by atoms with Crippen LogP contribution >= 0.6 is 11.6 Å². The highest BCUT2D eigenvalue weighted by atomic mass is 35.5. The summed E-state index contributed by atoms with van der Waals surface area (Å²) in [6, 6.07) is 8.21. The number of aryl methyl sites for hydroxylation is 1. The van der Waals surface area contributed by atoms with Crippen molar-refractivity contribution in [3.05, 3.63) is 35.5 Å². The van der Waals surface area contributed by atoms with Gasteiger partial charge in [-0.1, -0.05) is 38.4 Å². The van der Waals surface area contributed by atoms with Crippen LogP contribution in [0.4, 0.5) is 0 Å². The third-order valence-electron chi connectivity index (χ3n) is 2.84. The molecule has 2 rings (SSSR count). The minimum absolute atomic E-state index is 0.370. The number of hydrogen-bond acceptors (Lipinski definition) is 0. The van der Waals surface area contributed by atoms with Crippen LogP contribution in [0.1, 0.15) is 27.2 Å². The predicted molar refractivity (Wildman–Crippen MR) is 71.0 cm³/mol. The van der Waals surface area contributed by atoms with Crippen molar-refractivity contribution in [1.29, 1.82) is 0 Å². The molecule has 2 aromatic rings. The molecule has 1 nitrogen and oxygen atoms in total. The van der Waals surface area contributed by atoms with Crippen molar-refractivity contribution in [3.63, 3.8) is 0 Å². The lowest BCUT2D eigenvalue weighted by atomic mass is 9.92. The Bertz CT molecular complexity index is 491. The number of benzene rings is 1. The SMILES string of the molecule is CC(C)(C)CCn1ccc2ccc(Cl)cc21. The third kappa shape index (κ3) is 2.59. The van der Waals surface area contributed by atoms with Gasteiger partial charge in [0.15, 0.2) is 0 Å². The van der Waals surface area contributed by atoms with Crippen LogP contribution < -0.4 is 0 Å². The Morgan fingerprint density at radius 2 is 1.94 bits per heavy atom. The molecule has 0 fully saturated rings. The molecule has 1 aromatic carbocycles. The number of hydrogen-bond donors (Lipinski definition) is 0. The number of rotatable bonds is 2. The van der Waals surface area contributed by atoms with E-state index in [1.165, 1.54) is 17.3 Å². The lowest BCUT2D eigenvalue weighted by Gasteiger charge is -2.18. The van der Waals surface area contributed by atoms with Crippen LogP contribution in [-0.4, -0.2) is 4.57 Å². The van der Waals surface area contributed by atoms with Crippen molar-refractivity contribution in [2.75, 3.05) is 0 Å². The van der Waals surface area contributed by atoms with Gasteiger partial charge in [-0.25, -0.2) is 0 Å². The van der Waals surface area contributed by atoms with E-state index in [-0.39, 0.29) is 0 Å². The van der Waals surface area contributed by atoms with Gasteiger partial charge in [0, 0.05) is 23.3 Å². The number of fused-ring (bicyclic) bond motifs is 1. The molecule has 2 heteroatoms. The Morgan fingerprint density at radius 3 is 2.62 bits per heavy atom. The van der Waals surface area contributed by atoms with Gasteiger partial charge < -0.3 is 4.57 Å². The van der Waals surface area contributed by atoms with E-state index in [1.807, 2.05) is 12.1 Å². The maximum Gasteiger partial charge on any atom is 0.0495 e. The van der Waals surface area contributed by atoms with Gasteiger partial charge in [-0.2, -0.15) is 0 Å². The quantitative estimate of drug-likeness (QED) is 0.709. The molecule has 0 atom stereocenters. The minimum atomic E-state index is 0.370. The molecule has 0 unspecified atom stereocenters. The largest absolute Gasteiger partial charge is 0.347 e. The molecular formula is C14H18ClN. The second-order valence-corrected chi connectivity index (χ2v) is 5.96. The lowest BCUT2D eigenvalue weighted by Crippen LogP contribution is -2.09. The summed E-state index contributed by atoms with van der Waals surface area (Å²) in [6.45, 7) is 7.86. The van der Waals surface area contributed by atoms with Gasteiger partial charge in [-0.3, -0.25) is 0 Å². The van der Waals surface area contributed by atoms with E-state index >= 15 is 0 Å². The molecule has 0 aliphatic heterocycles. The molecular weight excluding hydrogens is 218 g/mol. The predicted octanol–water partition coefficient (Wildman–Crippen LogP) is 4.73. The van der Waals surface area contributed by atoms with Crippen LogP contribution in [0.5, 0.6) is 0 Å². The summed E-state index contributed by atoms with van der Waals surface area (Å²) in [5, 5.41) is 2.07. The fraction of sp³-hybridized carbons (Fsp3) is 0.429. The highest BCUT2D eigenvalue weighted by molar-refractivity contribution is 6.31. The monoisotopic (exact) mass is 235 g/mol. The smallest absolute Gasteiger partial charge is 0.0495 e. The van der Waals surface area contributed by atoms with Gasteiger partial charge in [-0.15, -0.1) is 0 Å². The fourth-order valence-corrected chi connectivity index (χ4v) is 1.97. The molecule has 0 N–H and O–H groups in total. The van der Waals surface area contributed by atoms with E-state index in [0.717, 1.165) is 11.6 Å². The molecule has 0 bridgehead atoms. The molecule has 1 aromatic heterocycles. The molecule has 16 heavy (non-hydrogen) atoms. The minimum Gasteiger partial charge on any atom is -0.347 e. The molecule has 0 saturated carbocycles. The zero-order valence-corrected chi connectivity index (χ0v) is 10.9. The van der Waals surface area contributed by atoms with Gasteiger partial charge in [0.25, 0.3) is 0 Å². The van der Waals surface area contributed by atoms with E-state index in [4.69, 9.17) is 11.6 Å². The average Bonchev–Trinajstić information content (AvgIpc) is 2.56. The number of aromatic nitrogens is 1. The lowest BCUT2D eigenvalue weighted by molar-refractivity contribution is 0.353. The summed E-state index contributed by atoms with van der Waals surface area (Å²) in [5.74, 6) is 0. The first kappa shape index (κ1) is 11.5. The van der Waals surface area contributed by atoms with Crippen LogP contribution in [0.3, 0.4) is 0 Å².